The van der Waals surface area contributed by atoms with Crippen molar-refractivity contribution >= 4 is 16.8 Å². The van der Waals surface area contributed by atoms with E-state index in [9.17, 15) is 22.0 Å². The molecule has 1 unspecified atom stereocenters. The molecule has 0 saturated heterocycles. The quantitative estimate of drug-likeness (QED) is 0.401. The van der Waals surface area contributed by atoms with Crippen LogP contribution < -0.4 is 11.1 Å². The number of fused-ring (bicyclic) bond motifs is 1. The topological polar surface area (TPSA) is 89.9 Å². The van der Waals surface area contributed by atoms with E-state index in [0.717, 1.165) is 11.6 Å². The van der Waals surface area contributed by atoms with Crippen LogP contribution in [0.3, 0.4) is 0 Å². The predicted octanol–water partition coefficient (Wildman–Crippen LogP) is 5.05. The summed E-state index contributed by atoms with van der Waals surface area (Å²) < 4.78 is 70.2. The van der Waals surface area contributed by atoms with Crippen molar-refractivity contribution in [2.24, 2.45) is 5.73 Å². The molecule has 4 aromatic rings. The van der Waals surface area contributed by atoms with Gasteiger partial charge in [-0.1, -0.05) is 41.6 Å². The third-order valence-corrected chi connectivity index (χ3v) is 4.82. The maximum atomic E-state index is 13.7. The highest BCUT2D eigenvalue weighted by molar-refractivity contribution is 5.85. The fraction of sp³-hybridized carbons (Fsp3) is 0.190. The fourth-order valence-corrected chi connectivity index (χ4v) is 3.10. The van der Waals surface area contributed by atoms with Gasteiger partial charge in [0.15, 0.2) is 11.3 Å². The molecule has 0 aliphatic rings. The van der Waals surface area contributed by atoms with Crippen molar-refractivity contribution in [3.05, 3.63) is 72.2 Å². The molecule has 0 aliphatic heterocycles. The van der Waals surface area contributed by atoms with Crippen molar-refractivity contribution in [3.63, 3.8) is 0 Å². The van der Waals surface area contributed by atoms with Crippen molar-refractivity contribution < 1.29 is 26.5 Å². The summed E-state index contributed by atoms with van der Waals surface area (Å²) in [5.41, 5.74) is 6.22. The minimum absolute atomic E-state index is 0.222. The summed E-state index contributed by atoms with van der Waals surface area (Å²) in [5.74, 6) is -4.67. The third-order valence-electron chi connectivity index (χ3n) is 4.82. The number of halogens is 5. The van der Waals surface area contributed by atoms with E-state index in [2.05, 4.69) is 20.4 Å². The van der Waals surface area contributed by atoms with E-state index in [0.29, 0.717) is 23.6 Å². The molecule has 0 spiro atoms. The van der Waals surface area contributed by atoms with E-state index in [1.807, 2.05) is 30.3 Å². The van der Waals surface area contributed by atoms with Crippen LogP contribution in [0.4, 0.5) is 27.8 Å². The van der Waals surface area contributed by atoms with E-state index in [1.54, 1.807) is 6.07 Å². The third kappa shape index (κ3) is 4.11. The first-order valence-corrected chi connectivity index (χ1v) is 9.38. The van der Waals surface area contributed by atoms with Crippen molar-refractivity contribution in [2.75, 3.05) is 11.9 Å². The Bertz CT molecular complexity index is 1230. The van der Waals surface area contributed by atoms with Crippen molar-refractivity contribution in [1.82, 2.24) is 15.1 Å². The Morgan fingerprint density at radius 3 is 2.44 bits per heavy atom. The van der Waals surface area contributed by atoms with Gasteiger partial charge < -0.3 is 15.6 Å². The van der Waals surface area contributed by atoms with Crippen LogP contribution in [0.5, 0.6) is 0 Å². The Hall–Kier alpha value is -3.60. The molecule has 0 bridgehead atoms. The lowest BCUT2D eigenvalue weighted by Crippen LogP contribution is -2.34. The lowest BCUT2D eigenvalue weighted by atomic mass is 10.1. The molecule has 2 aromatic heterocycles. The lowest BCUT2D eigenvalue weighted by Gasteiger charge is -2.16. The molecule has 3 N–H and O–H groups in total. The standard InChI is InChI=1S/C21H16F5N5O/c22-20(23,21(24,25)26)19-14-7-6-13(8-17(14)32-31-19)16-9-18(30-11-29-16)28-10-15(27)12-4-2-1-3-5-12/h1-9,11,15H,10,27H2,(H,28,29,30). The Morgan fingerprint density at radius 2 is 1.72 bits per heavy atom. The highest BCUT2D eigenvalue weighted by Gasteiger charge is 2.61. The summed E-state index contributed by atoms with van der Waals surface area (Å²) in [6.45, 7) is 0.386. The monoisotopic (exact) mass is 449 g/mol. The molecule has 1 atom stereocenters. The molecular weight excluding hydrogens is 433 g/mol. The van der Waals surface area contributed by atoms with Crippen molar-refractivity contribution in [2.45, 2.75) is 18.1 Å². The first kappa shape index (κ1) is 21.6. The summed E-state index contributed by atoms with van der Waals surface area (Å²) >= 11 is 0. The van der Waals surface area contributed by atoms with Crippen LogP contribution in [0, 0.1) is 0 Å². The second-order valence-corrected chi connectivity index (χ2v) is 7.00. The first-order valence-electron chi connectivity index (χ1n) is 9.38. The molecule has 0 radical (unpaired) electrons. The average molecular weight is 449 g/mol. The molecule has 4 rings (SSSR count). The Morgan fingerprint density at radius 1 is 0.969 bits per heavy atom. The molecule has 2 heterocycles. The van der Waals surface area contributed by atoms with E-state index in [-0.39, 0.29) is 11.6 Å². The number of nitrogens with zero attached hydrogens (tertiary/aromatic N) is 3. The van der Waals surface area contributed by atoms with Crippen LogP contribution in [0.1, 0.15) is 17.3 Å². The highest BCUT2D eigenvalue weighted by atomic mass is 19.4. The number of aromatic nitrogens is 3. The highest BCUT2D eigenvalue weighted by Crippen LogP contribution is 2.45. The molecule has 0 amide bonds. The fourth-order valence-electron chi connectivity index (χ4n) is 3.10. The van der Waals surface area contributed by atoms with Gasteiger partial charge in [0.2, 0.25) is 0 Å². The van der Waals surface area contributed by atoms with Gasteiger partial charge >= 0.3 is 12.1 Å². The predicted molar refractivity (Wildman–Crippen MR) is 107 cm³/mol. The zero-order chi connectivity index (χ0) is 22.9. The number of alkyl halides is 5. The molecule has 166 valence electrons. The molecule has 0 fully saturated rings. The van der Waals surface area contributed by atoms with Gasteiger partial charge in [0, 0.05) is 24.2 Å². The lowest BCUT2D eigenvalue weighted by molar-refractivity contribution is -0.290. The van der Waals surface area contributed by atoms with Crippen LogP contribution in [-0.2, 0) is 5.92 Å². The molecule has 2 aromatic carbocycles. The van der Waals surface area contributed by atoms with Gasteiger partial charge in [0.25, 0.3) is 0 Å². The normalized spacial score (nSPS) is 13.3. The van der Waals surface area contributed by atoms with Crippen LogP contribution in [0.15, 0.2) is 65.4 Å². The second kappa shape index (κ2) is 8.15. The zero-order valence-electron chi connectivity index (χ0n) is 16.3. The van der Waals surface area contributed by atoms with Gasteiger partial charge in [-0.25, -0.2) is 9.97 Å². The summed E-state index contributed by atoms with van der Waals surface area (Å²) in [4.78, 5) is 8.24. The zero-order valence-corrected chi connectivity index (χ0v) is 16.3. The Balaban J connectivity index is 1.56. The maximum absolute atomic E-state index is 13.7. The van der Waals surface area contributed by atoms with Crippen molar-refractivity contribution in [3.8, 4) is 11.3 Å². The smallest absolute Gasteiger partial charge is 0.368 e. The molecule has 32 heavy (non-hydrogen) atoms. The van der Waals surface area contributed by atoms with E-state index in [1.165, 1.54) is 18.5 Å². The number of hydrogen-bond acceptors (Lipinski definition) is 6. The van der Waals surface area contributed by atoms with E-state index in [4.69, 9.17) is 10.3 Å². The summed E-state index contributed by atoms with van der Waals surface area (Å²) in [7, 11) is 0. The maximum Gasteiger partial charge on any atom is 0.459 e. The number of anilines is 1. The van der Waals surface area contributed by atoms with Crippen molar-refractivity contribution in [1.29, 1.82) is 0 Å². The Labute approximate surface area is 178 Å². The molecular formula is C21H16F5N5O. The van der Waals surface area contributed by atoms with E-state index < -0.39 is 23.2 Å². The second-order valence-electron chi connectivity index (χ2n) is 7.00. The number of rotatable bonds is 6. The van der Waals surface area contributed by atoms with Crippen LogP contribution >= 0.6 is 0 Å². The minimum Gasteiger partial charge on any atom is -0.368 e. The SMILES string of the molecule is NC(CNc1cc(-c2ccc3c(C(F)(F)C(F)(F)F)noc3c2)ncn1)c1ccccc1. The first-order chi connectivity index (χ1) is 15.2. The van der Waals surface area contributed by atoms with Gasteiger partial charge in [-0.3, -0.25) is 0 Å². The summed E-state index contributed by atoms with van der Waals surface area (Å²) in [5, 5.41) is 5.62. The Kier molecular flexibility index (Phi) is 5.51. The number of hydrogen-bond donors (Lipinski definition) is 2. The summed E-state index contributed by atoms with van der Waals surface area (Å²) in [6, 6.07) is 14.5. The van der Waals surface area contributed by atoms with Gasteiger partial charge in [0.05, 0.1) is 11.1 Å². The van der Waals surface area contributed by atoms with Crippen LogP contribution in [0.25, 0.3) is 22.2 Å². The van der Waals surface area contributed by atoms with Gasteiger partial charge in [0.1, 0.15) is 12.1 Å². The van der Waals surface area contributed by atoms with Gasteiger partial charge in [-0.2, -0.15) is 22.0 Å². The number of benzene rings is 2. The minimum atomic E-state index is -5.79. The molecule has 0 aliphatic carbocycles. The van der Waals surface area contributed by atoms with E-state index >= 15 is 0 Å². The van der Waals surface area contributed by atoms with Crippen LogP contribution in [0.2, 0.25) is 0 Å². The average Bonchev–Trinajstić information content (AvgIpc) is 3.21. The largest absolute Gasteiger partial charge is 0.459 e. The molecule has 11 heteroatoms. The number of nitrogens with one attached hydrogen (secondary N) is 1. The summed E-state index contributed by atoms with van der Waals surface area (Å²) in [6.07, 6.45) is -4.50. The number of nitrogens with two attached hydrogens (primary N) is 1. The van der Waals surface area contributed by atoms with Gasteiger partial charge in [-0.05, 0) is 17.7 Å². The van der Waals surface area contributed by atoms with Gasteiger partial charge in [-0.15, -0.1) is 0 Å². The van der Waals surface area contributed by atoms with Crippen LogP contribution in [-0.4, -0.2) is 27.8 Å². The molecule has 0 saturated carbocycles. The molecule has 6 nitrogen and oxygen atoms in total.